The summed E-state index contributed by atoms with van der Waals surface area (Å²) in [7, 11) is 0. The minimum atomic E-state index is -0.432. The standard InChI is InChI=1S/C22H16O4S/c1-13-7-9-15(10-8-13)18-11-16(12-19-20(18)26-22(24)27-19)25-21(23)17-6-4-3-5-14(17)2/h3-12H,1-2H3. The summed E-state index contributed by atoms with van der Waals surface area (Å²) in [5, 5.41) is 0. The predicted octanol–water partition coefficient (Wildman–Crippen LogP) is 5.36. The van der Waals surface area contributed by atoms with Gasteiger partial charge in [0.05, 0.1) is 10.3 Å². The van der Waals surface area contributed by atoms with Gasteiger partial charge in [0.1, 0.15) is 5.75 Å². The third-order valence-corrected chi connectivity index (χ3v) is 5.12. The molecule has 0 bridgehead atoms. The van der Waals surface area contributed by atoms with Crippen molar-refractivity contribution in [3.8, 4) is 16.9 Å². The van der Waals surface area contributed by atoms with E-state index in [1.165, 1.54) is 0 Å². The molecule has 27 heavy (non-hydrogen) atoms. The Hall–Kier alpha value is -3.18. The van der Waals surface area contributed by atoms with Gasteiger partial charge in [-0.25, -0.2) is 9.59 Å². The third kappa shape index (κ3) is 3.41. The van der Waals surface area contributed by atoms with Crippen molar-refractivity contribution in [3.63, 3.8) is 0 Å². The van der Waals surface area contributed by atoms with E-state index >= 15 is 0 Å². The third-order valence-electron chi connectivity index (χ3n) is 4.35. The van der Waals surface area contributed by atoms with E-state index in [0.29, 0.717) is 21.6 Å². The number of carbonyl (C=O) groups excluding carboxylic acids is 1. The van der Waals surface area contributed by atoms with Crippen molar-refractivity contribution < 1.29 is 13.9 Å². The molecule has 0 fully saturated rings. The molecule has 134 valence electrons. The van der Waals surface area contributed by atoms with Crippen LogP contribution in [0.15, 0.2) is 69.9 Å². The van der Waals surface area contributed by atoms with Crippen molar-refractivity contribution >= 4 is 27.6 Å². The highest BCUT2D eigenvalue weighted by Gasteiger charge is 2.16. The summed E-state index contributed by atoms with van der Waals surface area (Å²) in [6, 6.07) is 18.5. The molecule has 5 heteroatoms. The highest BCUT2D eigenvalue weighted by atomic mass is 32.1. The van der Waals surface area contributed by atoms with Crippen LogP contribution in [0.3, 0.4) is 0 Å². The second-order valence-electron chi connectivity index (χ2n) is 6.32. The van der Waals surface area contributed by atoms with Crippen LogP contribution in [0.5, 0.6) is 5.75 Å². The second kappa shape index (κ2) is 6.85. The van der Waals surface area contributed by atoms with Gasteiger partial charge in [-0.15, -0.1) is 0 Å². The molecular weight excluding hydrogens is 360 g/mol. The molecular formula is C22H16O4S. The molecule has 0 amide bonds. The molecule has 0 spiro atoms. The topological polar surface area (TPSA) is 56.5 Å². The van der Waals surface area contributed by atoms with E-state index in [0.717, 1.165) is 33.6 Å². The smallest absolute Gasteiger partial charge is 0.396 e. The van der Waals surface area contributed by atoms with Gasteiger partial charge in [-0.1, -0.05) is 59.4 Å². The molecule has 1 heterocycles. The minimum absolute atomic E-state index is 0.378. The number of hydrogen-bond donors (Lipinski definition) is 0. The Morgan fingerprint density at radius 1 is 1.00 bits per heavy atom. The van der Waals surface area contributed by atoms with Crippen molar-refractivity contribution in [1.82, 2.24) is 0 Å². The first-order valence-electron chi connectivity index (χ1n) is 8.44. The van der Waals surface area contributed by atoms with E-state index in [1.807, 2.05) is 50.2 Å². The molecule has 4 aromatic rings. The van der Waals surface area contributed by atoms with Crippen LogP contribution in [0.1, 0.15) is 21.5 Å². The molecule has 0 aliphatic rings. The number of ether oxygens (including phenoxy) is 1. The van der Waals surface area contributed by atoms with Gasteiger partial charge in [-0.05, 0) is 37.1 Å². The maximum atomic E-state index is 12.6. The SMILES string of the molecule is Cc1ccc(-c2cc(OC(=O)c3ccccc3C)cc3sc(=O)oc23)cc1. The first-order valence-corrected chi connectivity index (χ1v) is 9.25. The van der Waals surface area contributed by atoms with E-state index in [1.54, 1.807) is 24.3 Å². The highest BCUT2D eigenvalue weighted by Crippen LogP contribution is 2.35. The molecule has 0 aliphatic heterocycles. The lowest BCUT2D eigenvalue weighted by Crippen LogP contribution is -2.10. The zero-order chi connectivity index (χ0) is 19.0. The van der Waals surface area contributed by atoms with Crippen LogP contribution in [0.2, 0.25) is 0 Å². The summed E-state index contributed by atoms with van der Waals surface area (Å²) in [6.45, 7) is 3.86. The Balaban J connectivity index is 1.80. The Bertz CT molecular complexity index is 1200. The van der Waals surface area contributed by atoms with Gasteiger partial charge in [0.25, 0.3) is 0 Å². The fourth-order valence-electron chi connectivity index (χ4n) is 2.92. The van der Waals surface area contributed by atoms with E-state index in [-0.39, 0.29) is 4.94 Å². The lowest BCUT2D eigenvalue weighted by molar-refractivity contribution is 0.0734. The lowest BCUT2D eigenvalue weighted by atomic mass is 10.0. The monoisotopic (exact) mass is 376 g/mol. The van der Waals surface area contributed by atoms with E-state index < -0.39 is 5.97 Å². The van der Waals surface area contributed by atoms with Crippen LogP contribution in [0.4, 0.5) is 0 Å². The number of rotatable bonds is 3. The van der Waals surface area contributed by atoms with Crippen LogP contribution in [0.25, 0.3) is 21.4 Å². The summed E-state index contributed by atoms with van der Waals surface area (Å²) in [4.78, 5) is 23.9. The van der Waals surface area contributed by atoms with Gasteiger partial charge in [0, 0.05) is 11.6 Å². The van der Waals surface area contributed by atoms with Gasteiger partial charge in [-0.2, -0.15) is 0 Å². The van der Waals surface area contributed by atoms with Gasteiger partial charge in [0.2, 0.25) is 0 Å². The molecule has 0 saturated carbocycles. The molecule has 0 aliphatic carbocycles. The largest absolute Gasteiger partial charge is 0.423 e. The summed E-state index contributed by atoms with van der Waals surface area (Å²) >= 11 is 0.991. The van der Waals surface area contributed by atoms with Crippen LogP contribution >= 0.6 is 11.3 Å². The van der Waals surface area contributed by atoms with Gasteiger partial charge >= 0.3 is 10.9 Å². The molecule has 0 radical (unpaired) electrons. The summed E-state index contributed by atoms with van der Waals surface area (Å²) in [5.74, 6) is -0.0541. The van der Waals surface area contributed by atoms with Crippen molar-refractivity contribution in [2.24, 2.45) is 0 Å². The van der Waals surface area contributed by atoms with E-state index in [2.05, 4.69) is 0 Å². The van der Waals surface area contributed by atoms with Gasteiger partial charge < -0.3 is 9.15 Å². The number of carbonyl (C=O) groups is 1. The maximum Gasteiger partial charge on any atom is 0.396 e. The molecule has 0 atom stereocenters. The molecule has 1 aromatic heterocycles. The van der Waals surface area contributed by atoms with Crippen molar-refractivity contribution in [1.29, 1.82) is 0 Å². The van der Waals surface area contributed by atoms with E-state index in [9.17, 15) is 9.59 Å². The van der Waals surface area contributed by atoms with Crippen molar-refractivity contribution in [2.75, 3.05) is 0 Å². The van der Waals surface area contributed by atoms with Crippen molar-refractivity contribution in [2.45, 2.75) is 13.8 Å². The number of aryl methyl sites for hydroxylation is 2. The Morgan fingerprint density at radius 3 is 2.48 bits per heavy atom. The fraction of sp³-hybridized carbons (Fsp3) is 0.0909. The number of hydrogen-bond acceptors (Lipinski definition) is 5. The van der Waals surface area contributed by atoms with Crippen LogP contribution < -0.4 is 9.68 Å². The average Bonchev–Trinajstić information content (AvgIpc) is 3.02. The van der Waals surface area contributed by atoms with E-state index in [4.69, 9.17) is 9.15 Å². The highest BCUT2D eigenvalue weighted by molar-refractivity contribution is 7.16. The first kappa shape index (κ1) is 17.2. The molecule has 0 saturated heterocycles. The molecule has 0 unspecified atom stereocenters. The summed E-state index contributed by atoms with van der Waals surface area (Å²) in [5.41, 5.74) is 4.60. The normalized spacial score (nSPS) is 10.9. The zero-order valence-corrected chi connectivity index (χ0v) is 15.6. The number of benzene rings is 3. The predicted molar refractivity (Wildman–Crippen MR) is 107 cm³/mol. The van der Waals surface area contributed by atoms with Crippen LogP contribution in [0, 0.1) is 13.8 Å². The van der Waals surface area contributed by atoms with Crippen LogP contribution in [-0.4, -0.2) is 5.97 Å². The Kier molecular flexibility index (Phi) is 4.38. The second-order valence-corrected chi connectivity index (χ2v) is 7.30. The van der Waals surface area contributed by atoms with Crippen molar-refractivity contribution in [3.05, 3.63) is 87.1 Å². The summed E-state index contributed by atoms with van der Waals surface area (Å²) in [6.07, 6.45) is 0. The molecule has 3 aromatic carbocycles. The molecule has 0 N–H and O–H groups in total. The quantitative estimate of drug-likeness (QED) is 0.357. The average molecular weight is 376 g/mol. The number of fused-ring (bicyclic) bond motifs is 1. The first-order chi connectivity index (χ1) is 13.0. The Labute approximate surface area is 159 Å². The lowest BCUT2D eigenvalue weighted by Gasteiger charge is -2.09. The fourth-order valence-corrected chi connectivity index (χ4v) is 3.65. The number of esters is 1. The minimum Gasteiger partial charge on any atom is -0.423 e. The van der Waals surface area contributed by atoms with Gasteiger partial charge in [0.15, 0.2) is 5.58 Å². The van der Waals surface area contributed by atoms with Gasteiger partial charge in [-0.3, -0.25) is 0 Å². The molecule has 4 rings (SSSR count). The zero-order valence-electron chi connectivity index (χ0n) is 14.8. The maximum absolute atomic E-state index is 12.6. The summed E-state index contributed by atoms with van der Waals surface area (Å²) < 4.78 is 11.6. The Morgan fingerprint density at radius 2 is 1.74 bits per heavy atom. The molecule has 4 nitrogen and oxygen atoms in total. The van der Waals surface area contributed by atoms with Crippen LogP contribution in [-0.2, 0) is 0 Å².